The lowest BCUT2D eigenvalue weighted by molar-refractivity contribution is 0.530. The van der Waals surface area contributed by atoms with Gasteiger partial charge in [0.2, 0.25) is 0 Å². The fourth-order valence-electron chi connectivity index (χ4n) is 1.30. The van der Waals surface area contributed by atoms with Crippen molar-refractivity contribution in [2.75, 3.05) is 11.5 Å². The Hall–Kier alpha value is -1.19. The maximum absolute atomic E-state index is 5.83. The van der Waals surface area contributed by atoms with Crippen molar-refractivity contribution in [2.24, 2.45) is 0 Å². The molecule has 1 rings (SSSR count). The standard InChI is InChI=1S/C9H18N4/c1-5(2)8-7(10)9(11)13(12-8)6(3)4/h5-6H,10-11H2,1-4H3. The molecule has 0 radical (unpaired) electrons. The van der Waals surface area contributed by atoms with Gasteiger partial charge in [-0.15, -0.1) is 0 Å². The third-order valence-corrected chi connectivity index (χ3v) is 2.05. The molecule has 0 aromatic carbocycles. The van der Waals surface area contributed by atoms with Gasteiger partial charge in [-0.3, -0.25) is 0 Å². The topological polar surface area (TPSA) is 69.9 Å². The zero-order valence-corrected chi connectivity index (χ0v) is 8.70. The summed E-state index contributed by atoms with van der Waals surface area (Å²) in [7, 11) is 0. The van der Waals surface area contributed by atoms with Gasteiger partial charge in [-0.1, -0.05) is 13.8 Å². The minimum atomic E-state index is 0.259. The summed E-state index contributed by atoms with van der Waals surface area (Å²) >= 11 is 0. The van der Waals surface area contributed by atoms with Crippen molar-refractivity contribution in [3.05, 3.63) is 5.69 Å². The van der Waals surface area contributed by atoms with Gasteiger partial charge in [-0.2, -0.15) is 5.10 Å². The Kier molecular flexibility index (Phi) is 2.50. The molecule has 13 heavy (non-hydrogen) atoms. The Morgan fingerprint density at radius 2 is 1.69 bits per heavy atom. The fraction of sp³-hybridized carbons (Fsp3) is 0.667. The molecule has 0 unspecified atom stereocenters. The quantitative estimate of drug-likeness (QED) is 0.732. The summed E-state index contributed by atoms with van der Waals surface area (Å²) in [5.41, 5.74) is 13.2. The van der Waals surface area contributed by atoms with Crippen LogP contribution in [0.1, 0.15) is 45.3 Å². The highest BCUT2D eigenvalue weighted by Gasteiger charge is 2.16. The van der Waals surface area contributed by atoms with E-state index in [4.69, 9.17) is 11.5 Å². The van der Waals surface area contributed by atoms with Crippen LogP contribution in [-0.4, -0.2) is 9.78 Å². The van der Waals surface area contributed by atoms with Gasteiger partial charge in [-0.25, -0.2) is 4.68 Å². The lowest BCUT2D eigenvalue weighted by Crippen LogP contribution is -2.07. The highest BCUT2D eigenvalue weighted by molar-refractivity contribution is 5.63. The number of anilines is 2. The summed E-state index contributed by atoms with van der Waals surface area (Å²) in [6.07, 6.45) is 0. The fourth-order valence-corrected chi connectivity index (χ4v) is 1.30. The largest absolute Gasteiger partial charge is 0.394 e. The van der Waals surface area contributed by atoms with E-state index in [0.717, 1.165) is 5.69 Å². The maximum Gasteiger partial charge on any atom is 0.145 e. The molecule has 0 aliphatic heterocycles. The number of nitrogens with zero attached hydrogens (tertiary/aromatic N) is 2. The van der Waals surface area contributed by atoms with Crippen molar-refractivity contribution in [1.82, 2.24) is 9.78 Å². The highest BCUT2D eigenvalue weighted by atomic mass is 15.3. The predicted molar refractivity (Wildman–Crippen MR) is 55.5 cm³/mol. The van der Waals surface area contributed by atoms with Gasteiger partial charge in [0.05, 0.1) is 11.4 Å². The van der Waals surface area contributed by atoms with E-state index in [1.165, 1.54) is 0 Å². The summed E-state index contributed by atoms with van der Waals surface area (Å²) < 4.78 is 1.77. The van der Waals surface area contributed by atoms with Gasteiger partial charge in [0.15, 0.2) is 0 Å². The Labute approximate surface area is 78.9 Å². The van der Waals surface area contributed by atoms with Gasteiger partial charge in [0.1, 0.15) is 5.82 Å². The molecule has 4 N–H and O–H groups in total. The Morgan fingerprint density at radius 1 is 1.15 bits per heavy atom. The monoisotopic (exact) mass is 182 g/mol. The summed E-state index contributed by atoms with van der Waals surface area (Å²) in [6.45, 7) is 8.19. The highest BCUT2D eigenvalue weighted by Crippen LogP contribution is 2.27. The van der Waals surface area contributed by atoms with E-state index in [1.54, 1.807) is 4.68 Å². The van der Waals surface area contributed by atoms with E-state index in [2.05, 4.69) is 18.9 Å². The van der Waals surface area contributed by atoms with E-state index in [0.29, 0.717) is 17.4 Å². The minimum Gasteiger partial charge on any atom is -0.394 e. The molecule has 0 aliphatic rings. The molecule has 1 aromatic rings. The van der Waals surface area contributed by atoms with Crippen LogP contribution in [0.15, 0.2) is 0 Å². The number of hydrogen-bond acceptors (Lipinski definition) is 3. The molecule has 0 fully saturated rings. The number of aromatic nitrogens is 2. The number of hydrogen-bond donors (Lipinski definition) is 2. The molecule has 74 valence electrons. The second-order valence-electron chi connectivity index (χ2n) is 3.88. The second-order valence-corrected chi connectivity index (χ2v) is 3.88. The summed E-state index contributed by atoms with van der Waals surface area (Å²) in [6, 6.07) is 0.259. The molecule has 0 aliphatic carbocycles. The van der Waals surface area contributed by atoms with Gasteiger partial charge >= 0.3 is 0 Å². The van der Waals surface area contributed by atoms with Gasteiger partial charge in [-0.05, 0) is 19.8 Å². The first-order valence-electron chi connectivity index (χ1n) is 4.58. The third kappa shape index (κ3) is 1.61. The molecule has 0 bridgehead atoms. The van der Waals surface area contributed by atoms with Crippen molar-refractivity contribution in [3.63, 3.8) is 0 Å². The SMILES string of the molecule is CC(C)c1nn(C(C)C)c(N)c1N. The molecule has 0 saturated carbocycles. The van der Waals surface area contributed by atoms with Gasteiger partial charge in [0, 0.05) is 6.04 Å². The van der Waals surface area contributed by atoms with Crippen molar-refractivity contribution < 1.29 is 0 Å². The molecular weight excluding hydrogens is 164 g/mol. The van der Waals surface area contributed by atoms with Crippen molar-refractivity contribution in [1.29, 1.82) is 0 Å². The molecule has 0 amide bonds. The van der Waals surface area contributed by atoms with Crippen molar-refractivity contribution in [3.8, 4) is 0 Å². The maximum atomic E-state index is 5.83. The summed E-state index contributed by atoms with van der Waals surface area (Å²) in [5.74, 6) is 0.904. The van der Waals surface area contributed by atoms with E-state index in [9.17, 15) is 0 Å². The first-order valence-corrected chi connectivity index (χ1v) is 4.58. The van der Waals surface area contributed by atoms with Crippen LogP contribution in [-0.2, 0) is 0 Å². The minimum absolute atomic E-state index is 0.259. The molecule has 0 atom stereocenters. The molecule has 4 heteroatoms. The summed E-state index contributed by atoms with van der Waals surface area (Å²) in [4.78, 5) is 0. The van der Waals surface area contributed by atoms with Crippen LogP contribution in [0, 0.1) is 0 Å². The average molecular weight is 182 g/mol. The summed E-state index contributed by atoms with van der Waals surface area (Å²) in [5, 5.41) is 4.38. The first-order chi connectivity index (χ1) is 5.95. The Bertz CT molecular complexity index is 270. The van der Waals surface area contributed by atoms with Gasteiger partial charge in [0.25, 0.3) is 0 Å². The number of nitrogens with two attached hydrogens (primary N) is 2. The van der Waals surface area contributed by atoms with Crippen LogP contribution in [0.25, 0.3) is 0 Å². The van der Waals surface area contributed by atoms with Gasteiger partial charge < -0.3 is 11.5 Å². The molecule has 0 spiro atoms. The van der Waals surface area contributed by atoms with Crippen molar-refractivity contribution >= 4 is 11.5 Å². The van der Waals surface area contributed by atoms with E-state index < -0.39 is 0 Å². The first kappa shape index (κ1) is 9.89. The van der Waals surface area contributed by atoms with Crippen LogP contribution in [0.3, 0.4) is 0 Å². The van der Waals surface area contributed by atoms with Crippen LogP contribution in [0.2, 0.25) is 0 Å². The zero-order chi connectivity index (χ0) is 10.2. The van der Waals surface area contributed by atoms with Crippen LogP contribution in [0.5, 0.6) is 0 Å². The molecule has 0 saturated heterocycles. The Morgan fingerprint density at radius 3 is 1.92 bits per heavy atom. The third-order valence-electron chi connectivity index (χ3n) is 2.05. The smallest absolute Gasteiger partial charge is 0.145 e. The van der Waals surface area contributed by atoms with Crippen molar-refractivity contribution in [2.45, 2.75) is 39.7 Å². The average Bonchev–Trinajstić information content (AvgIpc) is 2.29. The van der Waals surface area contributed by atoms with E-state index in [1.807, 2.05) is 13.8 Å². The molecule has 4 nitrogen and oxygen atoms in total. The number of nitrogen functional groups attached to an aromatic ring is 2. The Balaban J connectivity index is 3.20. The number of rotatable bonds is 2. The van der Waals surface area contributed by atoms with Crippen LogP contribution < -0.4 is 11.5 Å². The molecular formula is C9H18N4. The molecule has 1 heterocycles. The van der Waals surface area contributed by atoms with Crippen LogP contribution >= 0.6 is 0 Å². The predicted octanol–water partition coefficient (Wildman–Crippen LogP) is 1.75. The van der Waals surface area contributed by atoms with E-state index >= 15 is 0 Å². The lowest BCUT2D eigenvalue weighted by Gasteiger charge is -2.06. The van der Waals surface area contributed by atoms with Crippen LogP contribution in [0.4, 0.5) is 11.5 Å². The zero-order valence-electron chi connectivity index (χ0n) is 8.70. The normalized spacial score (nSPS) is 11.5. The lowest BCUT2D eigenvalue weighted by atomic mass is 10.1. The van der Waals surface area contributed by atoms with E-state index in [-0.39, 0.29) is 6.04 Å². The molecule has 1 aromatic heterocycles. The second kappa shape index (κ2) is 3.28.